The second kappa shape index (κ2) is 3.96. The van der Waals surface area contributed by atoms with Crippen molar-refractivity contribution in [3.63, 3.8) is 0 Å². The normalized spacial score (nSPS) is 19.2. The average molecular weight is 248 g/mol. The summed E-state index contributed by atoms with van der Waals surface area (Å²) in [6, 6.07) is 8.12. The molecule has 0 amide bonds. The third kappa shape index (κ3) is 2.03. The van der Waals surface area contributed by atoms with Gasteiger partial charge in [0.05, 0.1) is 22.4 Å². The number of fused-ring (bicyclic) bond motifs is 1. The molecule has 17 heavy (non-hydrogen) atoms. The van der Waals surface area contributed by atoms with Gasteiger partial charge in [0, 0.05) is 0 Å². The molecule has 1 aliphatic carbocycles. The molecule has 1 aliphatic rings. The van der Waals surface area contributed by atoms with E-state index in [-0.39, 0.29) is 12.1 Å². The van der Waals surface area contributed by atoms with Gasteiger partial charge in [-0.2, -0.15) is 0 Å². The number of thiazole rings is 1. The second-order valence-electron chi connectivity index (χ2n) is 4.96. The topological polar surface area (TPSA) is 45.1 Å². The van der Waals surface area contributed by atoms with Crippen molar-refractivity contribution in [1.29, 1.82) is 0 Å². The Morgan fingerprint density at radius 1 is 1.47 bits per heavy atom. The molecule has 1 aromatic carbocycles. The zero-order valence-corrected chi connectivity index (χ0v) is 10.6. The quantitative estimate of drug-likeness (QED) is 0.874. The Bertz CT molecular complexity index is 502. The van der Waals surface area contributed by atoms with Crippen LogP contribution in [0.5, 0.6) is 0 Å². The minimum absolute atomic E-state index is 0.160. The van der Waals surface area contributed by atoms with Crippen molar-refractivity contribution in [3.8, 4) is 0 Å². The summed E-state index contributed by atoms with van der Waals surface area (Å²) < 4.78 is 1.19. The van der Waals surface area contributed by atoms with Gasteiger partial charge in [-0.1, -0.05) is 23.5 Å². The van der Waals surface area contributed by atoms with Crippen molar-refractivity contribution >= 4 is 26.7 Å². The van der Waals surface area contributed by atoms with Crippen LogP contribution in [-0.4, -0.2) is 22.2 Å². The molecule has 1 aromatic heterocycles. The van der Waals surface area contributed by atoms with Crippen LogP contribution in [0.4, 0.5) is 5.13 Å². The third-order valence-electron chi connectivity index (χ3n) is 3.49. The van der Waals surface area contributed by atoms with Crippen molar-refractivity contribution in [2.75, 3.05) is 11.9 Å². The van der Waals surface area contributed by atoms with Gasteiger partial charge >= 0.3 is 0 Å². The van der Waals surface area contributed by atoms with Crippen LogP contribution in [0, 0.1) is 5.92 Å². The molecule has 90 valence electrons. The van der Waals surface area contributed by atoms with E-state index in [1.807, 2.05) is 18.2 Å². The van der Waals surface area contributed by atoms with Crippen LogP contribution in [0.25, 0.3) is 10.2 Å². The summed E-state index contributed by atoms with van der Waals surface area (Å²) in [7, 11) is 0. The number of para-hydroxylation sites is 1. The van der Waals surface area contributed by atoms with Crippen molar-refractivity contribution in [1.82, 2.24) is 4.98 Å². The molecule has 3 rings (SSSR count). The summed E-state index contributed by atoms with van der Waals surface area (Å²) in [5.41, 5.74) is 0.810. The first kappa shape index (κ1) is 11.0. The summed E-state index contributed by atoms with van der Waals surface area (Å²) in [5, 5.41) is 13.9. The Hall–Kier alpha value is -1.13. The van der Waals surface area contributed by atoms with Gasteiger partial charge < -0.3 is 10.4 Å². The molecule has 0 aliphatic heterocycles. The van der Waals surface area contributed by atoms with E-state index >= 15 is 0 Å². The Morgan fingerprint density at radius 2 is 2.24 bits per heavy atom. The fourth-order valence-electron chi connectivity index (χ4n) is 2.16. The molecule has 1 saturated carbocycles. The lowest BCUT2D eigenvalue weighted by Crippen LogP contribution is -2.41. The van der Waals surface area contributed by atoms with E-state index in [9.17, 15) is 5.11 Å². The molecular weight excluding hydrogens is 232 g/mol. The highest BCUT2D eigenvalue weighted by molar-refractivity contribution is 7.22. The molecule has 3 nitrogen and oxygen atoms in total. The first-order chi connectivity index (χ1) is 8.21. The Morgan fingerprint density at radius 3 is 2.88 bits per heavy atom. The molecule has 0 saturated heterocycles. The number of rotatable bonds is 4. The van der Waals surface area contributed by atoms with Crippen LogP contribution >= 0.6 is 11.3 Å². The van der Waals surface area contributed by atoms with E-state index in [0.717, 1.165) is 10.6 Å². The van der Waals surface area contributed by atoms with E-state index < -0.39 is 0 Å². The van der Waals surface area contributed by atoms with Crippen LogP contribution in [0.3, 0.4) is 0 Å². The zero-order chi connectivity index (χ0) is 11.9. The summed E-state index contributed by atoms with van der Waals surface area (Å²) in [6.45, 7) is 2.24. The Kier molecular flexibility index (Phi) is 2.56. The summed E-state index contributed by atoms with van der Waals surface area (Å²) in [6.07, 6.45) is 2.41. The van der Waals surface area contributed by atoms with E-state index in [4.69, 9.17) is 0 Å². The van der Waals surface area contributed by atoms with Crippen molar-refractivity contribution in [2.45, 2.75) is 25.3 Å². The van der Waals surface area contributed by atoms with Crippen LogP contribution < -0.4 is 5.32 Å². The minimum atomic E-state index is -0.214. The van der Waals surface area contributed by atoms with Crippen molar-refractivity contribution in [3.05, 3.63) is 24.3 Å². The van der Waals surface area contributed by atoms with Crippen LogP contribution in [-0.2, 0) is 0 Å². The maximum atomic E-state index is 9.55. The number of benzene rings is 1. The number of aliphatic hydroxyl groups is 1. The summed E-state index contributed by atoms with van der Waals surface area (Å²) in [4.78, 5) is 4.55. The van der Waals surface area contributed by atoms with Gasteiger partial charge in [-0.05, 0) is 37.8 Å². The minimum Gasteiger partial charge on any atom is -0.394 e. The van der Waals surface area contributed by atoms with Crippen molar-refractivity contribution < 1.29 is 5.11 Å². The number of nitrogens with zero attached hydrogens (tertiary/aromatic N) is 1. The number of hydrogen-bond acceptors (Lipinski definition) is 4. The van der Waals surface area contributed by atoms with Crippen LogP contribution in [0.2, 0.25) is 0 Å². The standard InChI is InChI=1S/C13H16N2OS/c1-13(8-16,9-6-7-9)15-12-14-10-4-2-3-5-11(10)17-12/h2-5,9,16H,6-8H2,1H3,(H,14,15). The van der Waals surface area contributed by atoms with Crippen LogP contribution in [0.15, 0.2) is 24.3 Å². The van der Waals surface area contributed by atoms with E-state index in [1.165, 1.54) is 17.5 Å². The van der Waals surface area contributed by atoms with Crippen molar-refractivity contribution in [2.24, 2.45) is 5.92 Å². The highest BCUT2D eigenvalue weighted by atomic mass is 32.1. The van der Waals surface area contributed by atoms with Gasteiger partial charge in [0.1, 0.15) is 0 Å². The Labute approximate surface area is 105 Å². The lowest BCUT2D eigenvalue weighted by atomic mass is 9.97. The monoisotopic (exact) mass is 248 g/mol. The molecule has 1 atom stereocenters. The van der Waals surface area contributed by atoms with Gasteiger partial charge in [-0.3, -0.25) is 0 Å². The summed E-state index contributed by atoms with van der Waals surface area (Å²) >= 11 is 1.65. The average Bonchev–Trinajstić information content (AvgIpc) is 3.11. The SMILES string of the molecule is CC(CO)(Nc1nc2ccccc2s1)C1CC1. The molecule has 0 bridgehead atoms. The molecule has 2 N–H and O–H groups in total. The molecule has 0 radical (unpaired) electrons. The predicted molar refractivity (Wildman–Crippen MR) is 71.5 cm³/mol. The summed E-state index contributed by atoms with van der Waals surface area (Å²) in [5.74, 6) is 0.583. The molecule has 0 spiro atoms. The lowest BCUT2D eigenvalue weighted by Gasteiger charge is -2.28. The highest BCUT2D eigenvalue weighted by Gasteiger charge is 2.41. The molecule has 1 fully saturated rings. The highest BCUT2D eigenvalue weighted by Crippen LogP contribution is 2.42. The lowest BCUT2D eigenvalue weighted by molar-refractivity contribution is 0.206. The number of anilines is 1. The van der Waals surface area contributed by atoms with Crippen LogP contribution in [0.1, 0.15) is 19.8 Å². The van der Waals surface area contributed by atoms with E-state index in [2.05, 4.69) is 23.3 Å². The number of nitrogens with one attached hydrogen (secondary N) is 1. The fraction of sp³-hybridized carbons (Fsp3) is 0.462. The smallest absolute Gasteiger partial charge is 0.184 e. The molecule has 1 unspecified atom stereocenters. The number of aromatic nitrogens is 1. The largest absolute Gasteiger partial charge is 0.394 e. The molecule has 2 aromatic rings. The predicted octanol–water partition coefficient (Wildman–Crippen LogP) is 2.87. The fourth-order valence-corrected chi connectivity index (χ4v) is 3.16. The maximum Gasteiger partial charge on any atom is 0.184 e. The van der Waals surface area contributed by atoms with Gasteiger partial charge in [0.2, 0.25) is 0 Å². The second-order valence-corrected chi connectivity index (χ2v) is 5.99. The zero-order valence-electron chi connectivity index (χ0n) is 9.81. The first-order valence-electron chi connectivity index (χ1n) is 5.96. The van der Waals surface area contributed by atoms with Gasteiger partial charge in [-0.25, -0.2) is 4.98 Å². The maximum absolute atomic E-state index is 9.55. The van der Waals surface area contributed by atoms with Gasteiger partial charge in [0.25, 0.3) is 0 Å². The van der Waals surface area contributed by atoms with E-state index in [0.29, 0.717) is 5.92 Å². The third-order valence-corrected chi connectivity index (χ3v) is 4.45. The Balaban J connectivity index is 1.88. The number of aliphatic hydroxyl groups excluding tert-OH is 1. The van der Waals surface area contributed by atoms with Gasteiger partial charge in [0.15, 0.2) is 5.13 Å². The first-order valence-corrected chi connectivity index (χ1v) is 6.77. The van der Waals surface area contributed by atoms with Gasteiger partial charge in [-0.15, -0.1) is 0 Å². The molecular formula is C13H16N2OS. The molecule has 1 heterocycles. The molecule has 4 heteroatoms. The van der Waals surface area contributed by atoms with E-state index in [1.54, 1.807) is 11.3 Å². The number of hydrogen-bond donors (Lipinski definition) is 2.